The van der Waals surface area contributed by atoms with Crippen LogP contribution in [0.5, 0.6) is 0 Å². The SMILES string of the molecule is CCCC1(CCC)c2cc(N(c3ccccc3)c3ccccc3)ccc2-c2ccc(N(c3ccccc3)c3ccccc3)cc21. The minimum Gasteiger partial charge on any atom is -0.310 e. The molecule has 2 heteroatoms. The molecule has 7 rings (SSSR count). The summed E-state index contributed by atoms with van der Waals surface area (Å²) >= 11 is 0. The van der Waals surface area contributed by atoms with Crippen LogP contribution in [0.25, 0.3) is 11.1 Å². The van der Waals surface area contributed by atoms with Gasteiger partial charge in [0.25, 0.3) is 0 Å². The quantitative estimate of drug-likeness (QED) is 0.158. The third kappa shape index (κ3) is 5.21. The first-order chi connectivity index (χ1) is 22.2. The van der Waals surface area contributed by atoms with Gasteiger partial charge in [-0.25, -0.2) is 0 Å². The fourth-order valence-corrected chi connectivity index (χ4v) is 7.47. The second-order valence-electron chi connectivity index (χ2n) is 12.1. The molecule has 0 atom stereocenters. The van der Waals surface area contributed by atoms with E-state index in [9.17, 15) is 0 Å². The molecule has 2 nitrogen and oxygen atoms in total. The lowest BCUT2D eigenvalue weighted by atomic mass is 9.71. The molecule has 0 aromatic heterocycles. The molecule has 45 heavy (non-hydrogen) atoms. The number of fused-ring (bicyclic) bond motifs is 3. The highest BCUT2D eigenvalue weighted by Crippen LogP contribution is 2.56. The Hall–Kier alpha value is -5.08. The van der Waals surface area contributed by atoms with E-state index in [2.05, 4.69) is 181 Å². The van der Waals surface area contributed by atoms with Gasteiger partial charge in [-0.15, -0.1) is 0 Å². The molecule has 0 saturated carbocycles. The number of benzene rings is 6. The first-order valence-electron chi connectivity index (χ1n) is 16.3. The van der Waals surface area contributed by atoms with Crippen LogP contribution >= 0.6 is 0 Å². The van der Waals surface area contributed by atoms with E-state index in [1.807, 2.05) is 0 Å². The molecule has 0 radical (unpaired) electrons. The molecule has 0 unspecified atom stereocenters. The van der Waals surface area contributed by atoms with Crippen LogP contribution in [-0.2, 0) is 5.41 Å². The maximum Gasteiger partial charge on any atom is 0.0465 e. The van der Waals surface area contributed by atoms with Gasteiger partial charge >= 0.3 is 0 Å². The molecule has 6 aromatic carbocycles. The molecule has 0 N–H and O–H groups in total. The predicted molar refractivity (Wildman–Crippen MR) is 192 cm³/mol. The number of hydrogen-bond donors (Lipinski definition) is 0. The molecule has 1 aliphatic carbocycles. The molecule has 0 spiro atoms. The van der Waals surface area contributed by atoms with E-state index in [-0.39, 0.29) is 5.41 Å². The van der Waals surface area contributed by atoms with E-state index in [0.717, 1.165) is 25.7 Å². The third-order valence-electron chi connectivity index (χ3n) is 9.26. The van der Waals surface area contributed by atoms with Gasteiger partial charge in [-0.1, -0.05) is 112 Å². The van der Waals surface area contributed by atoms with Gasteiger partial charge in [-0.3, -0.25) is 0 Å². The topological polar surface area (TPSA) is 6.48 Å². The summed E-state index contributed by atoms with van der Waals surface area (Å²) in [7, 11) is 0. The molecular weight excluding hydrogens is 544 g/mol. The number of anilines is 6. The zero-order chi connectivity index (χ0) is 30.6. The molecule has 6 aromatic rings. The molecule has 0 fully saturated rings. The van der Waals surface area contributed by atoms with Crippen LogP contribution in [0.4, 0.5) is 34.1 Å². The highest BCUT2D eigenvalue weighted by Gasteiger charge is 2.42. The Kier molecular flexibility index (Phi) is 7.96. The van der Waals surface area contributed by atoms with E-state index in [1.165, 1.54) is 56.4 Å². The molecule has 0 bridgehead atoms. The van der Waals surface area contributed by atoms with Crippen LogP contribution in [-0.4, -0.2) is 0 Å². The maximum absolute atomic E-state index is 2.49. The summed E-state index contributed by atoms with van der Waals surface area (Å²) in [6, 6.07) is 57.3. The lowest BCUT2D eigenvalue weighted by Crippen LogP contribution is -2.25. The molecule has 0 aliphatic heterocycles. The first kappa shape index (κ1) is 28.7. The fourth-order valence-electron chi connectivity index (χ4n) is 7.47. The Morgan fingerprint density at radius 3 is 0.978 bits per heavy atom. The van der Waals surface area contributed by atoms with E-state index in [1.54, 1.807) is 0 Å². The number of para-hydroxylation sites is 4. The van der Waals surface area contributed by atoms with Crippen molar-refractivity contribution in [1.82, 2.24) is 0 Å². The van der Waals surface area contributed by atoms with Gasteiger partial charge in [0.15, 0.2) is 0 Å². The second kappa shape index (κ2) is 12.5. The predicted octanol–water partition coefficient (Wildman–Crippen LogP) is 12.5. The molecule has 0 saturated heterocycles. The van der Waals surface area contributed by atoms with Crippen molar-refractivity contribution in [2.45, 2.75) is 44.9 Å². The summed E-state index contributed by atoms with van der Waals surface area (Å²) in [4.78, 5) is 4.79. The van der Waals surface area contributed by atoms with Gasteiger partial charge in [-0.2, -0.15) is 0 Å². The Morgan fingerprint density at radius 1 is 0.378 bits per heavy atom. The average molecular weight is 585 g/mol. The zero-order valence-corrected chi connectivity index (χ0v) is 26.2. The summed E-state index contributed by atoms with van der Waals surface area (Å²) < 4.78 is 0. The van der Waals surface area contributed by atoms with Gasteiger partial charge in [0.05, 0.1) is 0 Å². The van der Waals surface area contributed by atoms with Crippen molar-refractivity contribution < 1.29 is 0 Å². The molecule has 1 aliphatic rings. The zero-order valence-electron chi connectivity index (χ0n) is 26.2. The summed E-state index contributed by atoms with van der Waals surface area (Å²) in [5, 5.41) is 0. The summed E-state index contributed by atoms with van der Waals surface area (Å²) in [6.07, 6.45) is 4.47. The van der Waals surface area contributed by atoms with Crippen molar-refractivity contribution in [3.05, 3.63) is 169 Å². The largest absolute Gasteiger partial charge is 0.310 e. The van der Waals surface area contributed by atoms with Gasteiger partial charge < -0.3 is 9.80 Å². The molecule has 0 amide bonds. The van der Waals surface area contributed by atoms with Crippen LogP contribution < -0.4 is 9.80 Å². The number of nitrogens with zero attached hydrogens (tertiary/aromatic N) is 2. The number of hydrogen-bond acceptors (Lipinski definition) is 2. The number of rotatable bonds is 10. The Morgan fingerprint density at radius 2 is 0.689 bits per heavy atom. The van der Waals surface area contributed by atoms with Crippen molar-refractivity contribution in [1.29, 1.82) is 0 Å². The summed E-state index contributed by atoms with van der Waals surface area (Å²) in [5.74, 6) is 0. The van der Waals surface area contributed by atoms with Crippen molar-refractivity contribution in [3.63, 3.8) is 0 Å². The molecule has 0 heterocycles. The smallest absolute Gasteiger partial charge is 0.0465 e. The van der Waals surface area contributed by atoms with Gasteiger partial charge in [0.2, 0.25) is 0 Å². The van der Waals surface area contributed by atoms with Crippen LogP contribution in [0.2, 0.25) is 0 Å². The average Bonchev–Trinajstić information content (AvgIpc) is 3.35. The van der Waals surface area contributed by atoms with E-state index in [4.69, 9.17) is 0 Å². The van der Waals surface area contributed by atoms with Gasteiger partial charge in [-0.05, 0) is 108 Å². The van der Waals surface area contributed by atoms with Gasteiger partial charge in [0.1, 0.15) is 0 Å². The third-order valence-corrected chi connectivity index (χ3v) is 9.26. The van der Waals surface area contributed by atoms with Crippen molar-refractivity contribution in [3.8, 4) is 11.1 Å². The van der Waals surface area contributed by atoms with Crippen molar-refractivity contribution in [2.24, 2.45) is 0 Å². The maximum atomic E-state index is 2.49. The Labute approximate surface area is 268 Å². The first-order valence-corrected chi connectivity index (χ1v) is 16.3. The minimum atomic E-state index is -0.0573. The Balaban J connectivity index is 1.41. The van der Waals surface area contributed by atoms with E-state index in [0.29, 0.717) is 0 Å². The summed E-state index contributed by atoms with van der Waals surface area (Å²) in [6.45, 7) is 4.67. The fraction of sp³-hybridized carbons (Fsp3) is 0.163. The molecule has 222 valence electrons. The van der Waals surface area contributed by atoms with Crippen LogP contribution in [0.1, 0.15) is 50.7 Å². The normalized spacial score (nSPS) is 12.8. The highest BCUT2D eigenvalue weighted by molar-refractivity contribution is 5.88. The van der Waals surface area contributed by atoms with Crippen molar-refractivity contribution >= 4 is 34.1 Å². The van der Waals surface area contributed by atoms with Crippen LogP contribution in [0.15, 0.2) is 158 Å². The van der Waals surface area contributed by atoms with E-state index >= 15 is 0 Å². The highest BCUT2D eigenvalue weighted by atomic mass is 15.1. The van der Waals surface area contributed by atoms with E-state index < -0.39 is 0 Å². The second-order valence-corrected chi connectivity index (χ2v) is 12.1. The Bertz CT molecular complexity index is 1640. The van der Waals surface area contributed by atoms with Crippen LogP contribution in [0, 0.1) is 0 Å². The van der Waals surface area contributed by atoms with Crippen molar-refractivity contribution in [2.75, 3.05) is 9.80 Å². The lowest BCUT2D eigenvalue weighted by Gasteiger charge is -2.34. The molecular formula is C43H40N2. The minimum absolute atomic E-state index is 0.0573. The monoisotopic (exact) mass is 584 g/mol. The van der Waals surface area contributed by atoms with Gasteiger partial charge in [0, 0.05) is 39.5 Å². The van der Waals surface area contributed by atoms with Crippen LogP contribution in [0.3, 0.4) is 0 Å². The standard InChI is InChI=1S/C43H40N2/c1-3-29-43(30-4-2)41-31-37(44(33-17-9-5-10-18-33)34-19-11-6-12-20-34)25-27-39(41)40-28-26-38(32-42(40)43)45(35-21-13-7-14-22-35)36-23-15-8-16-24-36/h5-28,31-32H,3-4,29-30H2,1-2H3. The lowest BCUT2D eigenvalue weighted by molar-refractivity contribution is 0.436. The summed E-state index contributed by atoms with van der Waals surface area (Å²) in [5.41, 5.74) is 12.7.